The predicted molar refractivity (Wildman–Crippen MR) is 165 cm³/mol. The molecule has 0 radical (unpaired) electrons. The molecular formula is C32H36ClN5O3. The highest BCUT2D eigenvalue weighted by atomic mass is 35.5. The fourth-order valence-corrected chi connectivity index (χ4v) is 4.91. The van der Waals surface area contributed by atoms with Gasteiger partial charge >= 0.3 is 5.97 Å². The minimum absolute atomic E-state index is 0.0738. The lowest BCUT2D eigenvalue weighted by Gasteiger charge is -2.29. The highest BCUT2D eigenvalue weighted by Crippen LogP contribution is 2.29. The number of allylic oxidation sites excluding steroid dienone is 2. The number of rotatable bonds is 10. The number of nitrogens with one attached hydrogen (secondary N) is 2. The zero-order valence-electron chi connectivity index (χ0n) is 23.1. The number of aliphatic carboxylic acids is 1. The minimum atomic E-state index is -0.958. The maximum atomic E-state index is 12.4. The van der Waals surface area contributed by atoms with E-state index >= 15 is 0 Å². The molecule has 9 heteroatoms. The Morgan fingerprint density at radius 1 is 1.02 bits per heavy atom. The maximum absolute atomic E-state index is 12.4. The van der Waals surface area contributed by atoms with Crippen molar-refractivity contribution in [3.63, 3.8) is 0 Å². The number of nitrogens with two attached hydrogens (primary N) is 1. The van der Waals surface area contributed by atoms with Gasteiger partial charge in [-0.3, -0.25) is 9.59 Å². The molecule has 1 atom stereocenters. The van der Waals surface area contributed by atoms with E-state index in [0.29, 0.717) is 23.1 Å². The molecule has 5 N–H and O–H groups in total. The van der Waals surface area contributed by atoms with Gasteiger partial charge in [0.05, 0.1) is 19.0 Å². The van der Waals surface area contributed by atoms with Gasteiger partial charge in [-0.2, -0.15) is 0 Å². The van der Waals surface area contributed by atoms with Gasteiger partial charge in [-0.25, -0.2) is 0 Å². The molecule has 0 saturated carbocycles. The van der Waals surface area contributed by atoms with Crippen LogP contribution in [0, 0.1) is 0 Å². The molecule has 8 nitrogen and oxygen atoms in total. The Kier molecular flexibility index (Phi) is 10.4. The zero-order valence-corrected chi connectivity index (χ0v) is 23.9. The smallest absolute Gasteiger partial charge is 0.305 e. The number of hydrogen-bond donors (Lipinski definition) is 4. The summed E-state index contributed by atoms with van der Waals surface area (Å²) in [4.78, 5) is 25.1. The van der Waals surface area contributed by atoms with Crippen LogP contribution in [0.25, 0.3) is 5.57 Å². The van der Waals surface area contributed by atoms with Crippen molar-refractivity contribution >= 4 is 40.7 Å². The summed E-state index contributed by atoms with van der Waals surface area (Å²) in [6.07, 6.45) is 6.87. The molecule has 3 aromatic carbocycles. The van der Waals surface area contributed by atoms with Gasteiger partial charge in [0.2, 0.25) is 5.96 Å². The van der Waals surface area contributed by atoms with Crippen LogP contribution < -0.4 is 21.4 Å². The van der Waals surface area contributed by atoms with Crippen molar-refractivity contribution in [2.24, 2.45) is 10.9 Å². The van der Waals surface area contributed by atoms with E-state index in [1.165, 1.54) is 24.0 Å². The third-order valence-electron chi connectivity index (χ3n) is 7.12. The van der Waals surface area contributed by atoms with Gasteiger partial charge < -0.3 is 26.5 Å². The van der Waals surface area contributed by atoms with Crippen LogP contribution in [0.3, 0.4) is 0 Å². The van der Waals surface area contributed by atoms with Crippen LogP contribution in [0.2, 0.25) is 5.02 Å². The van der Waals surface area contributed by atoms with Gasteiger partial charge in [0.25, 0.3) is 5.91 Å². The van der Waals surface area contributed by atoms with Crippen LogP contribution >= 0.6 is 11.6 Å². The first-order valence-electron chi connectivity index (χ1n) is 13.8. The van der Waals surface area contributed by atoms with Crippen LogP contribution in [0.15, 0.2) is 84.0 Å². The molecule has 0 aliphatic heterocycles. The number of carboxylic acid groups (broad SMARTS) is 1. The molecule has 1 aliphatic rings. The molecule has 0 aromatic heterocycles. The lowest BCUT2D eigenvalue weighted by molar-refractivity contribution is -0.136. The second-order valence-corrected chi connectivity index (χ2v) is 10.5. The summed E-state index contributed by atoms with van der Waals surface area (Å²) in [6, 6.07) is 23.2. The van der Waals surface area contributed by atoms with Crippen molar-refractivity contribution in [3.05, 3.63) is 106 Å². The van der Waals surface area contributed by atoms with Crippen molar-refractivity contribution in [2.75, 3.05) is 11.4 Å². The normalized spacial score (nSPS) is 14.1. The molecular weight excluding hydrogens is 538 g/mol. The molecule has 0 spiro atoms. The van der Waals surface area contributed by atoms with Crippen molar-refractivity contribution < 1.29 is 14.7 Å². The number of guanidine groups is 1. The van der Waals surface area contributed by atoms with Crippen LogP contribution in [0.4, 0.5) is 5.69 Å². The number of halogens is 1. The van der Waals surface area contributed by atoms with Crippen molar-refractivity contribution in [3.8, 4) is 0 Å². The molecule has 41 heavy (non-hydrogen) atoms. The van der Waals surface area contributed by atoms with Gasteiger partial charge in [-0.15, -0.1) is 5.10 Å². The summed E-state index contributed by atoms with van der Waals surface area (Å²) >= 11 is 6.08. The van der Waals surface area contributed by atoms with Crippen LogP contribution in [0.5, 0.6) is 0 Å². The number of amides is 1. The highest BCUT2D eigenvalue weighted by Gasteiger charge is 2.19. The molecule has 4 rings (SSSR count). The molecule has 0 fully saturated rings. The molecule has 3 aromatic rings. The predicted octanol–water partition coefficient (Wildman–Crippen LogP) is 6.09. The van der Waals surface area contributed by atoms with Gasteiger partial charge in [0, 0.05) is 22.8 Å². The molecule has 1 unspecified atom stereocenters. The molecule has 1 amide bonds. The van der Waals surface area contributed by atoms with E-state index in [1.807, 2.05) is 48.2 Å². The zero-order chi connectivity index (χ0) is 29.2. The van der Waals surface area contributed by atoms with Gasteiger partial charge in [-0.1, -0.05) is 54.1 Å². The third-order valence-corrected chi connectivity index (χ3v) is 7.37. The highest BCUT2D eigenvalue weighted by molar-refractivity contribution is 6.30. The van der Waals surface area contributed by atoms with E-state index in [2.05, 4.69) is 46.1 Å². The van der Waals surface area contributed by atoms with E-state index in [9.17, 15) is 9.59 Å². The lowest BCUT2D eigenvalue weighted by atomic mass is 9.93. The Balaban J connectivity index is 1.56. The van der Waals surface area contributed by atoms with Gasteiger partial charge in [0.15, 0.2) is 0 Å². The topological polar surface area (TPSA) is 120 Å². The molecule has 1 aliphatic carbocycles. The lowest BCUT2D eigenvalue weighted by Crippen LogP contribution is -2.43. The summed E-state index contributed by atoms with van der Waals surface area (Å²) in [5, 5.41) is 19.7. The van der Waals surface area contributed by atoms with Crippen molar-refractivity contribution in [1.29, 1.82) is 0 Å². The molecule has 214 valence electrons. The monoisotopic (exact) mass is 573 g/mol. The van der Waals surface area contributed by atoms with E-state index < -0.39 is 5.97 Å². The maximum Gasteiger partial charge on any atom is 0.305 e. The SMILES string of the molecule is CC(N/C(=N/N)N(Cc1ccc(C(=O)NCCC(=O)O)cc1)c1ccc(C2=CCCCC2)cc1)c1ccc(Cl)cc1. The Labute approximate surface area is 245 Å². The first-order chi connectivity index (χ1) is 19.8. The number of carbonyl (C=O) groups excluding carboxylic acids is 1. The Hall–Kier alpha value is -4.30. The first-order valence-corrected chi connectivity index (χ1v) is 14.2. The standard InChI is InChI=1S/C32H36ClN5O3/c1-22(24-11-15-28(33)16-12-24)36-32(37-34)38(29-17-13-26(14-18-29)25-5-3-2-4-6-25)21-23-7-9-27(10-8-23)31(41)35-20-19-30(39)40/h5,7-18,22H,2-4,6,19-21,34H2,1H3,(H,35,41)(H,36,37)(H,39,40). The minimum Gasteiger partial charge on any atom is -0.481 e. The van der Waals surface area contributed by atoms with E-state index in [1.54, 1.807) is 12.1 Å². The summed E-state index contributed by atoms with van der Waals surface area (Å²) in [7, 11) is 0. The Morgan fingerprint density at radius 3 is 2.34 bits per heavy atom. The Bertz CT molecular complexity index is 1390. The quantitative estimate of drug-likeness (QED) is 0.101. The first kappa shape index (κ1) is 29.7. The Morgan fingerprint density at radius 2 is 1.73 bits per heavy atom. The number of carbonyl (C=O) groups is 2. The molecule has 0 bridgehead atoms. The van der Waals surface area contributed by atoms with E-state index in [4.69, 9.17) is 22.6 Å². The fourth-order valence-electron chi connectivity index (χ4n) is 4.79. The van der Waals surface area contributed by atoms with Crippen LogP contribution in [-0.4, -0.2) is 29.5 Å². The summed E-state index contributed by atoms with van der Waals surface area (Å²) < 4.78 is 0. The second kappa shape index (κ2) is 14.4. The number of hydrogen-bond acceptors (Lipinski definition) is 4. The summed E-state index contributed by atoms with van der Waals surface area (Å²) in [5.74, 6) is 5.17. The largest absolute Gasteiger partial charge is 0.481 e. The van der Waals surface area contributed by atoms with E-state index in [-0.39, 0.29) is 24.9 Å². The molecule has 0 heterocycles. The average Bonchev–Trinajstić information content (AvgIpc) is 2.99. The van der Waals surface area contributed by atoms with Gasteiger partial charge in [0.1, 0.15) is 0 Å². The van der Waals surface area contributed by atoms with Crippen LogP contribution in [-0.2, 0) is 11.3 Å². The number of nitrogens with zero attached hydrogens (tertiary/aromatic N) is 2. The number of benzene rings is 3. The summed E-state index contributed by atoms with van der Waals surface area (Å²) in [5.41, 5.74) is 5.95. The van der Waals surface area contributed by atoms with Crippen LogP contribution in [0.1, 0.15) is 72.1 Å². The van der Waals surface area contributed by atoms with Gasteiger partial charge in [-0.05, 0) is 91.3 Å². The summed E-state index contributed by atoms with van der Waals surface area (Å²) in [6.45, 7) is 2.55. The molecule has 0 saturated heterocycles. The number of anilines is 1. The second-order valence-electron chi connectivity index (χ2n) is 10.1. The number of carboxylic acids is 1. The third kappa shape index (κ3) is 8.35. The fraction of sp³-hybridized carbons (Fsp3) is 0.281. The number of hydrazone groups is 1. The van der Waals surface area contributed by atoms with Crippen molar-refractivity contribution in [1.82, 2.24) is 10.6 Å². The average molecular weight is 574 g/mol. The van der Waals surface area contributed by atoms with E-state index in [0.717, 1.165) is 29.7 Å². The van der Waals surface area contributed by atoms with Crippen molar-refractivity contribution in [2.45, 2.75) is 51.6 Å².